The molecule has 1 aromatic carbocycles. The van der Waals surface area contributed by atoms with Crippen LogP contribution in [0.1, 0.15) is 18.5 Å². The average molecular weight is 232 g/mol. The highest BCUT2D eigenvalue weighted by atomic mass is 35.5. The van der Waals surface area contributed by atoms with Crippen LogP contribution in [0.3, 0.4) is 0 Å². The number of ether oxygens (including phenoxy) is 1. The van der Waals surface area contributed by atoms with Crippen LogP contribution in [0.5, 0.6) is 5.75 Å². The molecule has 0 saturated heterocycles. The maximum atomic E-state index is 11.2. The molecule has 1 rings (SSSR count). The normalized spacial score (nSPS) is 11.3. The number of nitrogens with two attached hydrogens (primary N) is 1. The van der Waals surface area contributed by atoms with Gasteiger partial charge in [0.1, 0.15) is 11.8 Å². The SMILES string of the molecule is CCOC(=O)[C@H](N)c1ccc(O)cc1.Cl. The fourth-order valence-electron chi connectivity index (χ4n) is 1.05. The summed E-state index contributed by atoms with van der Waals surface area (Å²) in [4.78, 5) is 11.2. The van der Waals surface area contributed by atoms with Gasteiger partial charge in [-0.1, -0.05) is 12.1 Å². The molecular weight excluding hydrogens is 218 g/mol. The number of benzene rings is 1. The lowest BCUT2D eigenvalue weighted by atomic mass is 10.1. The molecule has 1 atom stereocenters. The van der Waals surface area contributed by atoms with Crippen LogP contribution in [0, 0.1) is 0 Å². The van der Waals surface area contributed by atoms with Gasteiger partial charge >= 0.3 is 5.97 Å². The molecular formula is C10H14ClNO3. The molecule has 4 nitrogen and oxygen atoms in total. The third-order valence-corrected chi connectivity index (χ3v) is 1.79. The highest BCUT2D eigenvalue weighted by molar-refractivity contribution is 5.85. The minimum Gasteiger partial charge on any atom is -0.508 e. The summed E-state index contributed by atoms with van der Waals surface area (Å²) in [6.07, 6.45) is 0. The van der Waals surface area contributed by atoms with Gasteiger partial charge in [0.05, 0.1) is 6.61 Å². The number of carbonyl (C=O) groups excluding carboxylic acids is 1. The van der Waals surface area contributed by atoms with Gasteiger partial charge < -0.3 is 15.6 Å². The molecule has 0 aliphatic heterocycles. The third-order valence-electron chi connectivity index (χ3n) is 1.79. The Balaban J connectivity index is 0.00000196. The molecule has 0 aliphatic carbocycles. The van der Waals surface area contributed by atoms with Gasteiger partial charge in [-0.05, 0) is 24.6 Å². The number of hydrogen-bond acceptors (Lipinski definition) is 4. The van der Waals surface area contributed by atoms with Crippen LogP contribution < -0.4 is 5.73 Å². The van der Waals surface area contributed by atoms with Crippen LogP contribution in [0.2, 0.25) is 0 Å². The molecule has 0 radical (unpaired) electrons. The average Bonchev–Trinajstić information content (AvgIpc) is 2.18. The Morgan fingerprint density at radius 1 is 1.47 bits per heavy atom. The lowest BCUT2D eigenvalue weighted by Gasteiger charge is -2.10. The second-order valence-corrected chi connectivity index (χ2v) is 2.82. The molecule has 0 heterocycles. The van der Waals surface area contributed by atoms with Crippen molar-refractivity contribution < 1.29 is 14.6 Å². The number of aromatic hydroxyl groups is 1. The lowest BCUT2D eigenvalue weighted by Crippen LogP contribution is -2.23. The summed E-state index contributed by atoms with van der Waals surface area (Å²) >= 11 is 0. The summed E-state index contributed by atoms with van der Waals surface area (Å²) in [5.74, 6) is -0.317. The molecule has 5 heteroatoms. The zero-order valence-corrected chi connectivity index (χ0v) is 9.16. The predicted octanol–water partition coefficient (Wildman–Crippen LogP) is 1.38. The number of carbonyl (C=O) groups is 1. The van der Waals surface area contributed by atoms with E-state index in [0.29, 0.717) is 12.2 Å². The van der Waals surface area contributed by atoms with Gasteiger partial charge in [0, 0.05) is 0 Å². The number of esters is 1. The van der Waals surface area contributed by atoms with Crippen molar-refractivity contribution in [1.29, 1.82) is 0 Å². The first-order chi connectivity index (χ1) is 6.65. The first kappa shape index (κ1) is 13.7. The van der Waals surface area contributed by atoms with E-state index in [0.717, 1.165) is 0 Å². The van der Waals surface area contributed by atoms with E-state index < -0.39 is 12.0 Å². The van der Waals surface area contributed by atoms with Gasteiger partial charge in [0.2, 0.25) is 0 Å². The smallest absolute Gasteiger partial charge is 0.327 e. The number of phenolic OH excluding ortho intramolecular Hbond substituents is 1. The summed E-state index contributed by atoms with van der Waals surface area (Å²) in [5, 5.41) is 9.02. The summed E-state index contributed by atoms with van der Waals surface area (Å²) in [6, 6.07) is 5.37. The summed E-state index contributed by atoms with van der Waals surface area (Å²) in [7, 11) is 0. The van der Waals surface area contributed by atoms with Crippen LogP contribution >= 0.6 is 12.4 Å². The van der Waals surface area contributed by atoms with Gasteiger partial charge in [-0.25, -0.2) is 4.79 Å². The highest BCUT2D eigenvalue weighted by Crippen LogP contribution is 2.15. The molecule has 0 unspecified atom stereocenters. The molecule has 0 amide bonds. The quantitative estimate of drug-likeness (QED) is 0.771. The standard InChI is InChI=1S/C10H13NO3.ClH/c1-2-14-10(13)9(11)7-3-5-8(12)6-4-7;/h3-6,9,12H,2,11H2,1H3;1H/t9-;/m1./s1. The van der Waals surface area contributed by atoms with E-state index >= 15 is 0 Å². The Labute approximate surface area is 94.5 Å². The minimum absolute atomic E-state index is 0. The van der Waals surface area contributed by atoms with Crippen molar-refractivity contribution in [3.63, 3.8) is 0 Å². The molecule has 0 spiro atoms. The van der Waals surface area contributed by atoms with E-state index in [4.69, 9.17) is 15.6 Å². The Bertz CT molecular complexity index is 313. The van der Waals surface area contributed by atoms with E-state index in [-0.39, 0.29) is 18.2 Å². The molecule has 0 aromatic heterocycles. The molecule has 0 saturated carbocycles. The van der Waals surface area contributed by atoms with Crippen molar-refractivity contribution in [2.45, 2.75) is 13.0 Å². The summed E-state index contributed by atoms with van der Waals surface area (Å²) in [5.41, 5.74) is 6.24. The van der Waals surface area contributed by atoms with Crippen molar-refractivity contribution in [2.24, 2.45) is 5.73 Å². The highest BCUT2D eigenvalue weighted by Gasteiger charge is 2.16. The molecule has 0 aliphatic rings. The maximum absolute atomic E-state index is 11.2. The van der Waals surface area contributed by atoms with Crippen molar-refractivity contribution in [3.8, 4) is 5.75 Å². The number of phenols is 1. The Hall–Kier alpha value is -1.26. The summed E-state index contributed by atoms with van der Waals surface area (Å²) in [6.45, 7) is 2.03. The topological polar surface area (TPSA) is 72.5 Å². The second kappa shape index (κ2) is 6.27. The summed E-state index contributed by atoms with van der Waals surface area (Å²) < 4.78 is 4.76. The molecule has 3 N–H and O–H groups in total. The zero-order valence-electron chi connectivity index (χ0n) is 8.34. The number of halogens is 1. The minimum atomic E-state index is -0.782. The molecule has 84 valence electrons. The van der Waals surface area contributed by atoms with Crippen molar-refractivity contribution >= 4 is 18.4 Å². The van der Waals surface area contributed by atoms with E-state index in [9.17, 15) is 4.79 Å². The fraction of sp³-hybridized carbons (Fsp3) is 0.300. The van der Waals surface area contributed by atoms with E-state index in [2.05, 4.69) is 0 Å². The van der Waals surface area contributed by atoms with Crippen molar-refractivity contribution in [2.75, 3.05) is 6.61 Å². The first-order valence-electron chi connectivity index (χ1n) is 4.36. The zero-order chi connectivity index (χ0) is 10.6. The molecule has 1 aromatic rings. The largest absolute Gasteiger partial charge is 0.508 e. The fourth-order valence-corrected chi connectivity index (χ4v) is 1.05. The van der Waals surface area contributed by atoms with Gasteiger partial charge in [-0.2, -0.15) is 0 Å². The Morgan fingerprint density at radius 2 is 2.00 bits per heavy atom. The van der Waals surface area contributed by atoms with Crippen LogP contribution in [0.4, 0.5) is 0 Å². The van der Waals surface area contributed by atoms with Crippen molar-refractivity contribution in [3.05, 3.63) is 29.8 Å². The Kier molecular flexibility index (Phi) is 5.74. The first-order valence-corrected chi connectivity index (χ1v) is 4.36. The second-order valence-electron chi connectivity index (χ2n) is 2.82. The van der Waals surface area contributed by atoms with Gasteiger partial charge in [0.25, 0.3) is 0 Å². The van der Waals surface area contributed by atoms with Gasteiger partial charge in [0.15, 0.2) is 0 Å². The molecule has 0 bridgehead atoms. The maximum Gasteiger partial charge on any atom is 0.327 e. The molecule has 0 fully saturated rings. The third kappa shape index (κ3) is 3.77. The van der Waals surface area contributed by atoms with E-state index in [1.165, 1.54) is 12.1 Å². The van der Waals surface area contributed by atoms with Crippen LogP contribution in [-0.4, -0.2) is 17.7 Å². The van der Waals surface area contributed by atoms with Gasteiger partial charge in [-0.3, -0.25) is 0 Å². The van der Waals surface area contributed by atoms with E-state index in [1.807, 2.05) is 0 Å². The van der Waals surface area contributed by atoms with Crippen LogP contribution in [-0.2, 0) is 9.53 Å². The monoisotopic (exact) mass is 231 g/mol. The lowest BCUT2D eigenvalue weighted by molar-refractivity contribution is -0.144. The van der Waals surface area contributed by atoms with Crippen LogP contribution in [0.15, 0.2) is 24.3 Å². The molecule has 15 heavy (non-hydrogen) atoms. The van der Waals surface area contributed by atoms with E-state index in [1.54, 1.807) is 19.1 Å². The van der Waals surface area contributed by atoms with Crippen LogP contribution in [0.25, 0.3) is 0 Å². The Morgan fingerprint density at radius 3 is 2.47 bits per heavy atom. The van der Waals surface area contributed by atoms with Crippen molar-refractivity contribution in [1.82, 2.24) is 0 Å². The van der Waals surface area contributed by atoms with Gasteiger partial charge in [-0.15, -0.1) is 12.4 Å². The number of hydrogen-bond donors (Lipinski definition) is 2. The number of rotatable bonds is 3. The predicted molar refractivity (Wildman–Crippen MR) is 58.9 cm³/mol.